The highest BCUT2D eigenvalue weighted by molar-refractivity contribution is 9.09. The number of ether oxygens (including phenoxy) is 2. The van der Waals surface area contributed by atoms with Gasteiger partial charge in [0.15, 0.2) is 17.3 Å². The summed E-state index contributed by atoms with van der Waals surface area (Å²) in [4.78, 5) is 14.4. The molecule has 2 aliphatic heterocycles. The fraction of sp³-hybridized carbons (Fsp3) is 0.542. The average Bonchev–Trinajstić information content (AvgIpc) is 2.88. The summed E-state index contributed by atoms with van der Waals surface area (Å²) in [5.41, 5.74) is 4.03. The van der Waals surface area contributed by atoms with Crippen molar-refractivity contribution >= 4 is 39.7 Å². The smallest absolute Gasteiger partial charge is 0.229 e. The van der Waals surface area contributed by atoms with Crippen molar-refractivity contribution < 1.29 is 9.47 Å². The van der Waals surface area contributed by atoms with Crippen molar-refractivity contribution in [2.24, 2.45) is 5.10 Å². The summed E-state index contributed by atoms with van der Waals surface area (Å²) in [7, 11) is 1.64. The van der Waals surface area contributed by atoms with Crippen molar-refractivity contribution in [3.63, 3.8) is 0 Å². The maximum absolute atomic E-state index is 5.69. The molecule has 8 nitrogen and oxygen atoms in total. The molecule has 1 aromatic heterocycles. The Kier molecular flexibility index (Phi) is 8.63. The molecular formula is C24H33BrN6O2. The number of benzene rings is 1. The lowest BCUT2D eigenvalue weighted by Gasteiger charge is -2.31. The Morgan fingerprint density at radius 3 is 2.39 bits per heavy atom. The molecule has 4 rings (SSSR count). The first kappa shape index (κ1) is 23.6. The minimum absolute atomic E-state index is 0.581. The summed E-state index contributed by atoms with van der Waals surface area (Å²) in [5, 5.41) is 5.21. The largest absolute Gasteiger partial charge is 0.493 e. The third kappa shape index (κ3) is 6.50. The van der Waals surface area contributed by atoms with Gasteiger partial charge >= 0.3 is 0 Å². The number of alkyl halides is 1. The van der Waals surface area contributed by atoms with E-state index in [-0.39, 0.29) is 0 Å². The summed E-state index contributed by atoms with van der Waals surface area (Å²) < 4.78 is 11.1. The van der Waals surface area contributed by atoms with Gasteiger partial charge in [0.05, 0.1) is 19.9 Å². The van der Waals surface area contributed by atoms with Crippen molar-refractivity contribution in [1.29, 1.82) is 0 Å². The predicted octanol–water partition coefficient (Wildman–Crippen LogP) is 4.69. The van der Waals surface area contributed by atoms with E-state index in [1.807, 2.05) is 24.3 Å². The minimum atomic E-state index is 0.581. The van der Waals surface area contributed by atoms with Crippen molar-refractivity contribution in [3.8, 4) is 11.5 Å². The van der Waals surface area contributed by atoms with Crippen LogP contribution in [0.3, 0.4) is 0 Å². The van der Waals surface area contributed by atoms with Gasteiger partial charge in [-0.1, -0.05) is 15.9 Å². The third-order valence-electron chi connectivity index (χ3n) is 5.93. The Balaban J connectivity index is 1.50. The highest BCUT2D eigenvalue weighted by Gasteiger charge is 2.19. The van der Waals surface area contributed by atoms with Gasteiger partial charge in [-0.25, -0.2) is 0 Å². The maximum Gasteiger partial charge on any atom is 0.229 e. The summed E-state index contributed by atoms with van der Waals surface area (Å²) in [5.74, 6) is 3.90. The number of rotatable bonds is 9. The molecule has 2 saturated heterocycles. The molecule has 0 amide bonds. The number of nitrogens with one attached hydrogen (secondary N) is 1. The van der Waals surface area contributed by atoms with Crippen LogP contribution in [0.4, 0.5) is 17.6 Å². The standard InChI is InChI=1S/C24H33BrN6O2/c1-32-21-16-19(8-9-20(21)33-15-10-25)18-26-29-22-17-23(30-11-4-2-5-12-30)28-24(27-22)31-13-6-3-7-14-31/h8-9,16-18H,2-7,10-15H2,1H3,(H,27,28,29)/b26-18+. The van der Waals surface area contributed by atoms with Crippen LogP contribution in [-0.2, 0) is 0 Å². The zero-order valence-electron chi connectivity index (χ0n) is 19.3. The lowest BCUT2D eigenvalue weighted by atomic mass is 10.1. The molecule has 0 unspecified atom stereocenters. The fourth-order valence-corrected chi connectivity index (χ4v) is 4.37. The van der Waals surface area contributed by atoms with E-state index in [1.165, 1.54) is 38.5 Å². The van der Waals surface area contributed by atoms with Gasteiger partial charge in [-0.15, -0.1) is 0 Å². The second kappa shape index (κ2) is 12.1. The van der Waals surface area contributed by atoms with Crippen LogP contribution < -0.4 is 24.7 Å². The van der Waals surface area contributed by atoms with Gasteiger partial charge < -0.3 is 19.3 Å². The first-order valence-corrected chi connectivity index (χ1v) is 12.9. The van der Waals surface area contributed by atoms with E-state index in [1.54, 1.807) is 13.3 Å². The molecule has 0 radical (unpaired) electrons. The van der Waals surface area contributed by atoms with Gasteiger partial charge in [-0.3, -0.25) is 5.43 Å². The molecular weight excluding hydrogens is 484 g/mol. The number of methoxy groups -OCH3 is 1. The van der Waals surface area contributed by atoms with E-state index in [0.29, 0.717) is 18.2 Å². The van der Waals surface area contributed by atoms with Crippen molar-refractivity contribution in [3.05, 3.63) is 29.8 Å². The number of hydrogen-bond acceptors (Lipinski definition) is 8. The molecule has 3 heterocycles. The lowest BCUT2D eigenvalue weighted by molar-refractivity contribution is 0.314. The van der Waals surface area contributed by atoms with Crippen LogP contribution in [0.1, 0.15) is 44.1 Å². The zero-order chi connectivity index (χ0) is 22.9. The number of hydrazone groups is 1. The third-order valence-corrected chi connectivity index (χ3v) is 6.26. The molecule has 0 aliphatic carbocycles. The van der Waals surface area contributed by atoms with E-state index in [4.69, 9.17) is 19.4 Å². The van der Waals surface area contributed by atoms with E-state index in [2.05, 4.69) is 36.3 Å². The Labute approximate surface area is 204 Å². The summed E-state index contributed by atoms with van der Waals surface area (Å²) in [6.45, 7) is 4.69. The van der Waals surface area contributed by atoms with Crippen molar-refractivity contribution in [2.75, 3.05) is 60.5 Å². The van der Waals surface area contributed by atoms with Gasteiger partial charge in [0.2, 0.25) is 5.95 Å². The molecule has 2 fully saturated rings. The maximum atomic E-state index is 5.69. The topological polar surface area (TPSA) is 75.1 Å². The molecule has 0 bridgehead atoms. The molecule has 0 atom stereocenters. The molecule has 0 spiro atoms. The van der Waals surface area contributed by atoms with Crippen LogP contribution in [0.2, 0.25) is 0 Å². The summed E-state index contributed by atoms with van der Waals surface area (Å²) >= 11 is 3.37. The summed E-state index contributed by atoms with van der Waals surface area (Å²) in [6.07, 6.45) is 9.13. The van der Waals surface area contributed by atoms with E-state index in [0.717, 1.165) is 54.6 Å². The lowest BCUT2D eigenvalue weighted by Crippen LogP contribution is -2.33. The molecule has 9 heteroatoms. The zero-order valence-corrected chi connectivity index (χ0v) is 20.9. The number of aromatic nitrogens is 2. The quantitative estimate of drug-likeness (QED) is 0.294. The van der Waals surface area contributed by atoms with Crippen LogP contribution in [0, 0.1) is 0 Å². The van der Waals surface area contributed by atoms with Crippen LogP contribution in [-0.4, -0.2) is 61.4 Å². The summed E-state index contributed by atoms with van der Waals surface area (Å²) in [6, 6.07) is 7.77. The van der Waals surface area contributed by atoms with Gasteiger partial charge in [0, 0.05) is 37.6 Å². The molecule has 0 saturated carbocycles. The van der Waals surface area contributed by atoms with Gasteiger partial charge in [0.1, 0.15) is 5.82 Å². The number of nitrogens with zero attached hydrogens (tertiary/aromatic N) is 5. The van der Waals surface area contributed by atoms with E-state index < -0.39 is 0 Å². The molecule has 2 aromatic rings. The average molecular weight is 517 g/mol. The van der Waals surface area contributed by atoms with Crippen LogP contribution >= 0.6 is 15.9 Å². The van der Waals surface area contributed by atoms with Gasteiger partial charge in [-0.05, 0) is 62.3 Å². The normalized spacial score (nSPS) is 16.8. The number of halogens is 1. The minimum Gasteiger partial charge on any atom is -0.493 e. The SMILES string of the molecule is COc1cc(/C=N/Nc2cc(N3CCCCC3)nc(N3CCCCC3)n2)ccc1OCCBr. The van der Waals surface area contributed by atoms with E-state index >= 15 is 0 Å². The van der Waals surface area contributed by atoms with Crippen molar-refractivity contribution in [1.82, 2.24) is 9.97 Å². The molecule has 33 heavy (non-hydrogen) atoms. The molecule has 1 N–H and O–H groups in total. The van der Waals surface area contributed by atoms with Crippen molar-refractivity contribution in [2.45, 2.75) is 38.5 Å². The Morgan fingerprint density at radius 1 is 0.970 bits per heavy atom. The molecule has 178 valence electrons. The number of piperidine rings is 2. The molecule has 1 aromatic carbocycles. The monoisotopic (exact) mass is 516 g/mol. The van der Waals surface area contributed by atoms with Crippen LogP contribution in [0.5, 0.6) is 11.5 Å². The number of anilines is 3. The van der Waals surface area contributed by atoms with Gasteiger partial charge in [0.25, 0.3) is 0 Å². The predicted molar refractivity (Wildman–Crippen MR) is 138 cm³/mol. The van der Waals surface area contributed by atoms with E-state index in [9.17, 15) is 0 Å². The van der Waals surface area contributed by atoms with Gasteiger partial charge in [-0.2, -0.15) is 15.1 Å². The fourth-order valence-electron chi connectivity index (χ4n) is 4.20. The highest BCUT2D eigenvalue weighted by Crippen LogP contribution is 2.28. The van der Waals surface area contributed by atoms with Crippen LogP contribution in [0.15, 0.2) is 29.4 Å². The Hall–Kier alpha value is -2.55. The first-order valence-electron chi connectivity index (χ1n) is 11.8. The molecule has 2 aliphatic rings. The first-order chi connectivity index (χ1) is 16.3. The highest BCUT2D eigenvalue weighted by atomic mass is 79.9. The number of hydrogen-bond donors (Lipinski definition) is 1. The van der Waals surface area contributed by atoms with Crippen LogP contribution in [0.25, 0.3) is 0 Å². The Morgan fingerprint density at radius 2 is 1.70 bits per heavy atom. The second-order valence-corrected chi connectivity index (χ2v) is 9.12. The second-order valence-electron chi connectivity index (χ2n) is 8.32. The Bertz CT molecular complexity index is 893.